The van der Waals surface area contributed by atoms with Gasteiger partial charge in [0.2, 0.25) is 11.8 Å². The van der Waals surface area contributed by atoms with E-state index in [1.165, 1.54) is 23.1 Å². The van der Waals surface area contributed by atoms with Crippen molar-refractivity contribution in [2.45, 2.75) is 39.4 Å². The number of rotatable bonds is 3. The molecule has 0 bridgehead atoms. The molecule has 0 radical (unpaired) electrons. The van der Waals surface area contributed by atoms with Gasteiger partial charge in [-0.1, -0.05) is 25.4 Å². The molecule has 1 N–H and O–H groups in total. The Morgan fingerprint density at radius 3 is 2.67 bits per heavy atom. The van der Waals surface area contributed by atoms with Gasteiger partial charge in [0.05, 0.1) is 0 Å². The van der Waals surface area contributed by atoms with Gasteiger partial charge in [0, 0.05) is 11.6 Å². The minimum Gasteiger partial charge on any atom is -0.342 e. The molecule has 1 saturated heterocycles. The van der Waals surface area contributed by atoms with Gasteiger partial charge in [-0.15, -0.1) is 0 Å². The predicted octanol–water partition coefficient (Wildman–Crippen LogP) is 2.35. The molecule has 2 unspecified atom stereocenters. The van der Waals surface area contributed by atoms with Crippen LogP contribution in [0.5, 0.6) is 0 Å². The summed E-state index contributed by atoms with van der Waals surface area (Å²) in [7, 11) is 0. The third kappa shape index (κ3) is 3.18. The number of carbonyl (C=O) groups excluding carboxylic acids is 2. The van der Waals surface area contributed by atoms with E-state index in [1.54, 1.807) is 6.92 Å². The Labute approximate surface area is 128 Å². The number of halogens is 2. The van der Waals surface area contributed by atoms with Crippen LogP contribution in [-0.4, -0.2) is 28.8 Å². The average Bonchev–Trinajstić information content (AvgIpc) is 2.42. The molecule has 1 heterocycles. The van der Waals surface area contributed by atoms with Gasteiger partial charge in [0.15, 0.2) is 0 Å². The molecule has 0 spiro atoms. The summed E-state index contributed by atoms with van der Waals surface area (Å²) in [6.07, 6.45) is 0. The van der Waals surface area contributed by atoms with E-state index >= 15 is 0 Å². The van der Waals surface area contributed by atoms with Crippen molar-refractivity contribution in [2.24, 2.45) is 5.92 Å². The molecule has 114 valence electrons. The van der Waals surface area contributed by atoms with Gasteiger partial charge in [-0.25, -0.2) is 4.39 Å². The van der Waals surface area contributed by atoms with E-state index in [1.807, 2.05) is 13.8 Å². The van der Waals surface area contributed by atoms with Crippen molar-refractivity contribution in [3.05, 3.63) is 34.6 Å². The third-order valence-electron chi connectivity index (χ3n) is 3.71. The molecule has 6 heteroatoms. The van der Waals surface area contributed by atoms with Crippen molar-refractivity contribution >= 4 is 23.4 Å². The fourth-order valence-electron chi connectivity index (χ4n) is 2.36. The van der Waals surface area contributed by atoms with Crippen LogP contribution in [0.1, 0.15) is 26.3 Å². The van der Waals surface area contributed by atoms with Crippen molar-refractivity contribution in [3.63, 3.8) is 0 Å². The van der Waals surface area contributed by atoms with Crippen LogP contribution >= 0.6 is 11.6 Å². The van der Waals surface area contributed by atoms with Crippen LogP contribution in [0.25, 0.3) is 0 Å². The van der Waals surface area contributed by atoms with E-state index in [0.717, 1.165) is 0 Å². The first kappa shape index (κ1) is 15.8. The average molecular weight is 313 g/mol. The molecule has 21 heavy (non-hydrogen) atoms. The monoisotopic (exact) mass is 312 g/mol. The molecule has 1 aliphatic heterocycles. The Morgan fingerprint density at radius 2 is 2.05 bits per heavy atom. The molecular weight excluding hydrogens is 295 g/mol. The molecule has 1 aromatic rings. The van der Waals surface area contributed by atoms with Gasteiger partial charge in [-0.3, -0.25) is 9.59 Å². The van der Waals surface area contributed by atoms with Crippen LogP contribution in [0, 0.1) is 11.7 Å². The van der Waals surface area contributed by atoms with Gasteiger partial charge < -0.3 is 10.2 Å². The smallest absolute Gasteiger partial charge is 0.246 e. The maximum atomic E-state index is 13.3. The maximum absolute atomic E-state index is 13.3. The number of benzene rings is 1. The lowest BCUT2D eigenvalue weighted by atomic mass is 9.98. The minimum absolute atomic E-state index is 0.0144. The predicted molar refractivity (Wildman–Crippen MR) is 78.2 cm³/mol. The standard InChI is InChI=1S/C15H18ClFN2O2/c1-8(2)13-15(21)19(9(3)14(20)18-13)7-10-6-11(17)4-5-12(10)16/h4-6,8-9,13H,7H2,1-3H3,(H,18,20). The van der Waals surface area contributed by atoms with Crippen molar-refractivity contribution in [3.8, 4) is 0 Å². The van der Waals surface area contributed by atoms with Crippen LogP contribution in [0.2, 0.25) is 5.02 Å². The van der Waals surface area contributed by atoms with Crippen LogP contribution in [0.4, 0.5) is 4.39 Å². The second-order valence-electron chi connectivity index (χ2n) is 5.61. The summed E-state index contributed by atoms with van der Waals surface area (Å²) >= 11 is 6.04. The second-order valence-corrected chi connectivity index (χ2v) is 6.02. The Bertz CT molecular complexity index is 577. The van der Waals surface area contributed by atoms with Crippen LogP contribution in [0.15, 0.2) is 18.2 Å². The molecule has 0 aliphatic carbocycles. The van der Waals surface area contributed by atoms with E-state index in [0.29, 0.717) is 10.6 Å². The Balaban J connectivity index is 2.29. The molecule has 1 aliphatic rings. The van der Waals surface area contributed by atoms with Crippen molar-refractivity contribution in [2.75, 3.05) is 0 Å². The van der Waals surface area contributed by atoms with Crippen molar-refractivity contribution in [1.29, 1.82) is 0 Å². The quantitative estimate of drug-likeness (QED) is 0.931. The lowest BCUT2D eigenvalue weighted by molar-refractivity contribution is -0.150. The lowest BCUT2D eigenvalue weighted by Gasteiger charge is -2.39. The highest BCUT2D eigenvalue weighted by Gasteiger charge is 2.39. The summed E-state index contributed by atoms with van der Waals surface area (Å²) in [5.41, 5.74) is 0.495. The van der Waals surface area contributed by atoms with Gasteiger partial charge in [0.25, 0.3) is 0 Å². The first-order valence-electron chi connectivity index (χ1n) is 6.86. The second kappa shape index (κ2) is 6.02. The number of carbonyl (C=O) groups is 2. The first-order valence-corrected chi connectivity index (χ1v) is 7.24. The van der Waals surface area contributed by atoms with E-state index in [4.69, 9.17) is 11.6 Å². The number of hydrogen-bond donors (Lipinski definition) is 1. The molecule has 2 amide bonds. The van der Waals surface area contributed by atoms with Gasteiger partial charge in [-0.2, -0.15) is 0 Å². The van der Waals surface area contributed by atoms with E-state index in [2.05, 4.69) is 5.32 Å². The summed E-state index contributed by atoms with van der Waals surface area (Å²) in [6.45, 7) is 5.50. The topological polar surface area (TPSA) is 49.4 Å². The van der Waals surface area contributed by atoms with Gasteiger partial charge in [0.1, 0.15) is 17.9 Å². The number of piperazine rings is 1. The summed E-state index contributed by atoms with van der Waals surface area (Å²) in [6, 6.07) is 2.84. The molecule has 2 atom stereocenters. The summed E-state index contributed by atoms with van der Waals surface area (Å²) in [5, 5.41) is 3.10. The number of nitrogens with zero attached hydrogens (tertiary/aromatic N) is 1. The largest absolute Gasteiger partial charge is 0.342 e. The molecule has 4 nitrogen and oxygen atoms in total. The van der Waals surface area contributed by atoms with Crippen molar-refractivity contribution < 1.29 is 14.0 Å². The fraction of sp³-hybridized carbons (Fsp3) is 0.467. The Hall–Kier alpha value is -1.62. The SMILES string of the molecule is CC(C)C1NC(=O)C(C)N(Cc2cc(F)ccc2Cl)C1=O. The van der Waals surface area contributed by atoms with Gasteiger partial charge >= 0.3 is 0 Å². The highest BCUT2D eigenvalue weighted by molar-refractivity contribution is 6.31. The molecule has 1 fully saturated rings. The molecule has 2 rings (SSSR count). The minimum atomic E-state index is -0.605. The highest BCUT2D eigenvalue weighted by Crippen LogP contribution is 2.23. The van der Waals surface area contributed by atoms with Gasteiger partial charge in [-0.05, 0) is 36.6 Å². The molecule has 0 aromatic heterocycles. The number of amides is 2. The van der Waals surface area contributed by atoms with Crippen LogP contribution in [0.3, 0.4) is 0 Å². The summed E-state index contributed by atoms with van der Waals surface area (Å²) in [5.74, 6) is -0.811. The third-order valence-corrected chi connectivity index (χ3v) is 4.08. The number of hydrogen-bond acceptors (Lipinski definition) is 2. The van der Waals surface area contributed by atoms with Crippen molar-refractivity contribution in [1.82, 2.24) is 10.2 Å². The van der Waals surface area contributed by atoms with E-state index in [9.17, 15) is 14.0 Å². The zero-order chi connectivity index (χ0) is 15.7. The number of nitrogens with one attached hydrogen (secondary N) is 1. The lowest BCUT2D eigenvalue weighted by Crippen LogP contribution is -2.63. The normalized spacial score (nSPS) is 22.7. The first-order chi connectivity index (χ1) is 9.81. The fourth-order valence-corrected chi connectivity index (χ4v) is 2.54. The molecule has 0 saturated carbocycles. The molecular formula is C15H18ClFN2O2. The Morgan fingerprint density at radius 1 is 1.38 bits per heavy atom. The maximum Gasteiger partial charge on any atom is 0.246 e. The molecule has 1 aromatic carbocycles. The summed E-state index contributed by atoms with van der Waals surface area (Å²) < 4.78 is 13.3. The van der Waals surface area contributed by atoms with E-state index in [-0.39, 0.29) is 24.3 Å². The van der Waals surface area contributed by atoms with E-state index < -0.39 is 17.9 Å². The van der Waals surface area contributed by atoms with Crippen LogP contribution in [-0.2, 0) is 16.1 Å². The van der Waals surface area contributed by atoms with Crippen LogP contribution < -0.4 is 5.32 Å². The zero-order valence-electron chi connectivity index (χ0n) is 12.2. The highest BCUT2D eigenvalue weighted by atomic mass is 35.5. The zero-order valence-corrected chi connectivity index (χ0v) is 12.9. The Kier molecular flexibility index (Phi) is 4.52. The summed E-state index contributed by atoms with van der Waals surface area (Å²) in [4.78, 5) is 25.9.